The van der Waals surface area contributed by atoms with E-state index in [9.17, 15) is 0 Å². The third-order valence-corrected chi connectivity index (χ3v) is 7.86. The summed E-state index contributed by atoms with van der Waals surface area (Å²) in [5.74, 6) is 7.57. The van der Waals surface area contributed by atoms with Crippen LogP contribution in [0.15, 0.2) is 54.6 Å². The van der Waals surface area contributed by atoms with Gasteiger partial charge in [0.05, 0.1) is 5.56 Å². The molecule has 1 heteroatoms. The number of benzene rings is 3. The van der Waals surface area contributed by atoms with Crippen molar-refractivity contribution in [2.45, 2.75) is 96.8 Å². The summed E-state index contributed by atoms with van der Waals surface area (Å²) in [7, 11) is 0. The van der Waals surface area contributed by atoms with Gasteiger partial charge in [0.25, 0.3) is 0 Å². The Morgan fingerprint density at radius 1 is 0.771 bits per heavy atom. The molecular weight excluding hydrogens is 427 g/mol. The van der Waals surface area contributed by atoms with Crippen LogP contribution in [-0.2, 0) is 6.42 Å². The van der Waals surface area contributed by atoms with Crippen molar-refractivity contribution in [1.82, 2.24) is 0 Å². The maximum absolute atomic E-state index is 15.3. The van der Waals surface area contributed by atoms with Gasteiger partial charge in [0.2, 0.25) is 0 Å². The molecule has 0 nitrogen and oxygen atoms in total. The van der Waals surface area contributed by atoms with Gasteiger partial charge in [-0.3, -0.25) is 0 Å². The first-order chi connectivity index (χ1) is 17.2. The Hall–Kier alpha value is -2.59. The van der Waals surface area contributed by atoms with E-state index >= 15 is 4.39 Å². The average molecular weight is 469 g/mol. The molecule has 1 saturated carbocycles. The van der Waals surface area contributed by atoms with Crippen LogP contribution in [0, 0.1) is 23.6 Å². The summed E-state index contributed by atoms with van der Waals surface area (Å²) in [6.45, 7) is 4.54. The van der Waals surface area contributed by atoms with E-state index in [0.29, 0.717) is 16.9 Å². The van der Waals surface area contributed by atoms with E-state index in [0.717, 1.165) is 23.3 Å². The molecule has 0 aliphatic heterocycles. The molecule has 0 bridgehead atoms. The number of rotatable bonds is 9. The monoisotopic (exact) mass is 468 g/mol. The largest absolute Gasteiger partial charge is 0.205 e. The maximum Gasteiger partial charge on any atom is 0.146 e. The predicted molar refractivity (Wildman–Crippen MR) is 148 cm³/mol. The molecule has 1 fully saturated rings. The van der Waals surface area contributed by atoms with Crippen molar-refractivity contribution in [2.24, 2.45) is 5.92 Å². The number of hydrogen-bond donors (Lipinski definition) is 0. The van der Waals surface area contributed by atoms with Crippen LogP contribution in [0.25, 0.3) is 10.8 Å². The van der Waals surface area contributed by atoms with Crippen LogP contribution in [0.2, 0.25) is 0 Å². The van der Waals surface area contributed by atoms with Gasteiger partial charge in [-0.25, -0.2) is 4.39 Å². The Morgan fingerprint density at radius 3 is 2.29 bits per heavy atom. The van der Waals surface area contributed by atoms with Gasteiger partial charge < -0.3 is 0 Å². The SMILES string of the molecule is CCCCCCCc1ccc(C#Cc2ccc3cc(C4CCC(CCC)CC4)ccc3c2F)cc1. The van der Waals surface area contributed by atoms with Crippen molar-refractivity contribution in [2.75, 3.05) is 0 Å². The quantitative estimate of drug-likeness (QED) is 0.216. The van der Waals surface area contributed by atoms with Crippen LogP contribution in [0.3, 0.4) is 0 Å². The van der Waals surface area contributed by atoms with Crippen molar-refractivity contribution in [3.05, 3.63) is 82.7 Å². The topological polar surface area (TPSA) is 0 Å². The average Bonchev–Trinajstić information content (AvgIpc) is 2.89. The molecule has 184 valence electrons. The van der Waals surface area contributed by atoms with Crippen LogP contribution < -0.4 is 0 Å². The van der Waals surface area contributed by atoms with Crippen molar-refractivity contribution in [3.63, 3.8) is 0 Å². The lowest BCUT2D eigenvalue weighted by molar-refractivity contribution is 0.308. The summed E-state index contributed by atoms with van der Waals surface area (Å²) in [5.41, 5.74) is 4.15. The van der Waals surface area contributed by atoms with Gasteiger partial charge in [-0.15, -0.1) is 0 Å². The second-order valence-corrected chi connectivity index (χ2v) is 10.5. The van der Waals surface area contributed by atoms with Crippen LogP contribution >= 0.6 is 0 Å². The van der Waals surface area contributed by atoms with E-state index in [1.807, 2.05) is 18.2 Å². The van der Waals surface area contributed by atoms with Crippen LogP contribution in [0.5, 0.6) is 0 Å². The fraction of sp³-hybridized carbons (Fsp3) is 0.471. The highest BCUT2D eigenvalue weighted by Gasteiger charge is 2.22. The number of hydrogen-bond acceptors (Lipinski definition) is 0. The Bertz CT molecular complexity index is 1140. The number of unbranched alkanes of at least 4 members (excludes halogenated alkanes) is 4. The van der Waals surface area contributed by atoms with Crippen LogP contribution in [-0.4, -0.2) is 0 Å². The minimum atomic E-state index is -0.197. The van der Waals surface area contributed by atoms with Crippen LogP contribution in [0.1, 0.15) is 113 Å². The molecule has 35 heavy (non-hydrogen) atoms. The predicted octanol–water partition coefficient (Wildman–Crippen LogP) is 9.97. The van der Waals surface area contributed by atoms with Gasteiger partial charge >= 0.3 is 0 Å². The molecule has 0 unspecified atom stereocenters. The Kier molecular flexibility index (Phi) is 9.42. The molecule has 0 heterocycles. The van der Waals surface area contributed by atoms with E-state index in [4.69, 9.17) is 0 Å². The van der Waals surface area contributed by atoms with Crippen molar-refractivity contribution >= 4 is 10.8 Å². The van der Waals surface area contributed by atoms with E-state index in [-0.39, 0.29) is 5.82 Å². The summed E-state index contributed by atoms with van der Waals surface area (Å²) in [4.78, 5) is 0. The Morgan fingerprint density at radius 2 is 1.54 bits per heavy atom. The van der Waals surface area contributed by atoms with Crippen molar-refractivity contribution in [3.8, 4) is 11.8 Å². The number of aryl methyl sites for hydroxylation is 1. The summed E-state index contributed by atoms with van der Waals surface area (Å²) in [6, 6.07) is 18.7. The first-order valence-corrected chi connectivity index (χ1v) is 14.0. The minimum absolute atomic E-state index is 0.197. The molecule has 4 rings (SSSR count). The normalized spacial score (nSPS) is 17.8. The third kappa shape index (κ3) is 6.98. The molecule has 1 aliphatic carbocycles. The Balaban J connectivity index is 1.40. The number of fused-ring (bicyclic) bond motifs is 1. The lowest BCUT2D eigenvalue weighted by Crippen LogP contribution is -2.13. The van der Waals surface area contributed by atoms with Gasteiger partial charge in [0, 0.05) is 10.9 Å². The molecule has 0 radical (unpaired) electrons. The second-order valence-electron chi connectivity index (χ2n) is 10.5. The molecule has 0 N–H and O–H groups in total. The van der Waals surface area contributed by atoms with Gasteiger partial charge in [-0.1, -0.05) is 101 Å². The minimum Gasteiger partial charge on any atom is -0.205 e. The molecule has 0 aromatic heterocycles. The maximum atomic E-state index is 15.3. The van der Waals surface area contributed by atoms with Gasteiger partial charge in [0.1, 0.15) is 5.82 Å². The zero-order valence-corrected chi connectivity index (χ0v) is 21.7. The standard InChI is InChI=1S/C34H41F/c1-3-5-6-7-8-10-27-11-13-28(14-12-27)17-20-30-21-22-32-25-31(23-24-33(32)34(30)35)29-18-15-26(9-4-2)16-19-29/h11-14,21-26,29H,3-10,15-16,18-19H2,1-2H3. The van der Waals surface area contributed by atoms with Gasteiger partial charge in [-0.2, -0.15) is 0 Å². The van der Waals surface area contributed by atoms with E-state index in [1.54, 1.807) is 0 Å². The zero-order chi connectivity index (χ0) is 24.5. The molecule has 3 aromatic rings. The molecular formula is C34H41F. The zero-order valence-electron chi connectivity index (χ0n) is 21.7. The molecule has 0 atom stereocenters. The molecule has 3 aromatic carbocycles. The molecule has 1 aliphatic rings. The lowest BCUT2D eigenvalue weighted by Gasteiger charge is -2.28. The highest BCUT2D eigenvalue weighted by Crippen LogP contribution is 2.38. The van der Waals surface area contributed by atoms with Crippen LogP contribution in [0.4, 0.5) is 4.39 Å². The summed E-state index contributed by atoms with van der Waals surface area (Å²) in [5, 5.41) is 1.67. The van der Waals surface area contributed by atoms with Gasteiger partial charge in [0.15, 0.2) is 0 Å². The highest BCUT2D eigenvalue weighted by atomic mass is 19.1. The van der Waals surface area contributed by atoms with E-state index in [1.165, 1.54) is 81.8 Å². The summed E-state index contributed by atoms with van der Waals surface area (Å²) >= 11 is 0. The van der Waals surface area contributed by atoms with Crippen molar-refractivity contribution in [1.29, 1.82) is 0 Å². The second kappa shape index (κ2) is 12.9. The fourth-order valence-electron chi connectivity index (χ4n) is 5.68. The van der Waals surface area contributed by atoms with E-state index in [2.05, 4.69) is 62.1 Å². The summed E-state index contributed by atoms with van der Waals surface area (Å²) < 4.78 is 15.3. The smallest absolute Gasteiger partial charge is 0.146 e. The summed E-state index contributed by atoms with van der Waals surface area (Å²) in [6.07, 6.45) is 15.5. The highest BCUT2D eigenvalue weighted by molar-refractivity contribution is 5.85. The molecule has 0 amide bonds. The first kappa shape index (κ1) is 25.5. The lowest BCUT2D eigenvalue weighted by atomic mass is 9.77. The Labute approximate surface area is 212 Å². The molecule has 0 saturated heterocycles. The molecule has 0 spiro atoms. The van der Waals surface area contributed by atoms with Gasteiger partial charge in [-0.05, 0) is 85.1 Å². The third-order valence-electron chi connectivity index (χ3n) is 7.86. The number of halogens is 1. The van der Waals surface area contributed by atoms with Crippen molar-refractivity contribution < 1.29 is 4.39 Å². The first-order valence-electron chi connectivity index (χ1n) is 14.0. The van der Waals surface area contributed by atoms with E-state index < -0.39 is 0 Å². The fourth-order valence-corrected chi connectivity index (χ4v) is 5.68.